The molecular formula is C12H26N2O4Si. The second-order valence-electron chi connectivity index (χ2n) is 5.03. The summed E-state index contributed by atoms with van der Waals surface area (Å²) in [6.45, 7) is 2.00. The van der Waals surface area contributed by atoms with Crippen molar-refractivity contribution in [2.45, 2.75) is 43.3 Å². The summed E-state index contributed by atoms with van der Waals surface area (Å²) >= 11 is 0. The van der Waals surface area contributed by atoms with Crippen LogP contribution in [0.4, 0.5) is 0 Å². The Bertz CT molecular complexity index is 325. The normalized spacial score (nSPS) is 31.9. The molecule has 1 saturated heterocycles. The monoisotopic (exact) mass is 290 g/mol. The summed E-state index contributed by atoms with van der Waals surface area (Å²) in [7, 11) is 2.07. The number of rotatable bonds is 6. The Morgan fingerprint density at radius 1 is 1.42 bits per heavy atom. The van der Waals surface area contributed by atoms with E-state index in [9.17, 15) is 4.79 Å². The second-order valence-corrected chi connectivity index (χ2v) is 9.16. The maximum atomic E-state index is 11.8. The first kappa shape index (κ1) is 16.6. The predicted molar refractivity (Wildman–Crippen MR) is 74.5 cm³/mol. The molecule has 7 heteroatoms. The third-order valence-electron chi connectivity index (χ3n) is 4.44. The lowest BCUT2D eigenvalue weighted by Crippen LogP contribution is -2.76. The summed E-state index contributed by atoms with van der Waals surface area (Å²) in [6, 6.07) is 0.809. The summed E-state index contributed by atoms with van der Waals surface area (Å²) in [4.78, 5) is 11.8. The van der Waals surface area contributed by atoms with Crippen LogP contribution in [0, 0.1) is 5.92 Å². The summed E-state index contributed by atoms with van der Waals surface area (Å²) < 4.78 is 17.2. The molecule has 0 aromatic heterocycles. The van der Waals surface area contributed by atoms with Crippen LogP contribution < -0.4 is 11.5 Å². The van der Waals surface area contributed by atoms with Crippen LogP contribution in [0.5, 0.6) is 0 Å². The number of ether oxygens (including phenoxy) is 2. The molecule has 1 amide bonds. The minimum atomic E-state index is -2.63. The number of primary amides is 1. The van der Waals surface area contributed by atoms with Gasteiger partial charge in [-0.2, -0.15) is 0 Å². The van der Waals surface area contributed by atoms with E-state index in [1.807, 2.05) is 6.92 Å². The average Bonchev–Trinajstić information content (AvgIpc) is 2.44. The molecule has 1 fully saturated rings. The van der Waals surface area contributed by atoms with Gasteiger partial charge in [0.15, 0.2) is 5.41 Å². The number of hydrogen-bond donors (Lipinski definition) is 2. The van der Waals surface area contributed by atoms with Crippen LogP contribution in [-0.2, 0) is 18.7 Å². The number of carbonyl (C=O) groups is 1. The molecule has 0 saturated carbocycles. The Balaban J connectivity index is 3.36. The van der Waals surface area contributed by atoms with Crippen LogP contribution >= 0.6 is 0 Å². The first-order valence-corrected chi connectivity index (χ1v) is 8.85. The van der Waals surface area contributed by atoms with E-state index in [1.54, 1.807) is 7.11 Å². The molecule has 0 spiro atoms. The van der Waals surface area contributed by atoms with E-state index < -0.39 is 25.6 Å². The number of hydrogen-bond acceptors (Lipinski definition) is 5. The minimum absolute atomic E-state index is 0.167. The Kier molecular flexibility index (Phi) is 5.51. The van der Waals surface area contributed by atoms with E-state index in [2.05, 4.69) is 0 Å². The zero-order valence-corrected chi connectivity index (χ0v) is 13.3. The third-order valence-corrected chi connectivity index (χ3v) is 9.81. The highest BCUT2D eigenvalue weighted by Crippen LogP contribution is 2.45. The van der Waals surface area contributed by atoms with Crippen LogP contribution in [0.1, 0.15) is 26.2 Å². The van der Waals surface area contributed by atoms with Gasteiger partial charge >= 0.3 is 0 Å². The molecule has 4 N–H and O–H groups in total. The van der Waals surface area contributed by atoms with E-state index in [0.29, 0.717) is 6.42 Å². The lowest BCUT2D eigenvalue weighted by molar-refractivity contribution is -0.203. The molecule has 19 heavy (non-hydrogen) atoms. The molecule has 1 rings (SSSR count). The van der Waals surface area contributed by atoms with E-state index in [0.717, 1.165) is 18.9 Å². The van der Waals surface area contributed by atoms with Gasteiger partial charge in [-0.1, -0.05) is 13.3 Å². The van der Waals surface area contributed by atoms with Crippen molar-refractivity contribution in [3.8, 4) is 0 Å². The van der Waals surface area contributed by atoms with Crippen LogP contribution in [0.2, 0.25) is 6.04 Å². The van der Waals surface area contributed by atoms with Gasteiger partial charge in [0, 0.05) is 27.0 Å². The van der Waals surface area contributed by atoms with Gasteiger partial charge in [-0.05, 0) is 18.9 Å². The molecule has 0 aliphatic carbocycles. The molecule has 1 aliphatic heterocycles. The SMILES string of the molecule is CCC(N)[Si]1(OC)CCCC(C(N)=O)C1(OC)OC. The zero-order valence-electron chi connectivity index (χ0n) is 12.3. The summed E-state index contributed by atoms with van der Waals surface area (Å²) in [5.74, 6) is -0.930. The smallest absolute Gasteiger partial charge is 0.274 e. The van der Waals surface area contributed by atoms with Crippen LogP contribution in [0.15, 0.2) is 0 Å². The van der Waals surface area contributed by atoms with Crippen LogP contribution in [0.3, 0.4) is 0 Å². The molecule has 1 aliphatic rings. The van der Waals surface area contributed by atoms with Crippen LogP contribution in [0.25, 0.3) is 0 Å². The molecular weight excluding hydrogens is 264 g/mol. The summed E-state index contributed by atoms with van der Waals surface area (Å²) in [5.41, 5.74) is 10.6. The molecule has 0 aromatic carbocycles. The van der Waals surface area contributed by atoms with Crippen molar-refractivity contribution in [3.63, 3.8) is 0 Å². The van der Waals surface area contributed by atoms with Crippen molar-refractivity contribution < 1.29 is 18.7 Å². The molecule has 3 unspecified atom stereocenters. The molecule has 0 radical (unpaired) electrons. The molecule has 112 valence electrons. The van der Waals surface area contributed by atoms with E-state index in [-0.39, 0.29) is 5.67 Å². The number of amides is 1. The van der Waals surface area contributed by atoms with E-state index in [4.69, 9.17) is 25.4 Å². The van der Waals surface area contributed by atoms with Crippen molar-refractivity contribution >= 4 is 14.2 Å². The average molecular weight is 290 g/mol. The highest BCUT2D eigenvalue weighted by molar-refractivity contribution is 6.78. The van der Waals surface area contributed by atoms with Crippen molar-refractivity contribution in [1.82, 2.24) is 0 Å². The van der Waals surface area contributed by atoms with Gasteiger partial charge in [0.25, 0.3) is 8.32 Å². The van der Waals surface area contributed by atoms with Gasteiger partial charge in [-0.3, -0.25) is 4.79 Å². The maximum Gasteiger partial charge on any atom is 0.274 e. The largest absolute Gasteiger partial charge is 0.413 e. The molecule has 1 heterocycles. The van der Waals surface area contributed by atoms with Crippen LogP contribution in [-0.4, -0.2) is 46.6 Å². The van der Waals surface area contributed by atoms with Gasteiger partial charge in [-0.25, -0.2) is 0 Å². The minimum Gasteiger partial charge on any atom is -0.413 e. The van der Waals surface area contributed by atoms with E-state index >= 15 is 0 Å². The molecule has 0 bridgehead atoms. The van der Waals surface area contributed by atoms with Gasteiger partial charge in [0.2, 0.25) is 5.91 Å². The Morgan fingerprint density at radius 2 is 2.00 bits per heavy atom. The standard InChI is InChI=1S/C12H26N2O4Si/c1-5-10(13)19(18-4)8-6-7-9(11(14)15)12(19,16-2)17-3/h9-10H,5-8,13H2,1-4H3,(H2,14,15). The summed E-state index contributed by atoms with van der Waals surface area (Å²) in [6.07, 6.45) is 2.25. The molecule has 3 atom stereocenters. The topological polar surface area (TPSA) is 96.8 Å². The number of methoxy groups -OCH3 is 2. The van der Waals surface area contributed by atoms with Crippen molar-refractivity contribution in [1.29, 1.82) is 0 Å². The molecule has 0 aromatic rings. The van der Waals surface area contributed by atoms with Gasteiger partial charge in [-0.15, -0.1) is 0 Å². The Hall–Kier alpha value is -0.473. The fourth-order valence-electron chi connectivity index (χ4n) is 3.44. The maximum absolute atomic E-state index is 11.8. The number of nitrogens with two attached hydrogens (primary N) is 2. The highest BCUT2D eigenvalue weighted by atomic mass is 28.4. The Morgan fingerprint density at radius 3 is 2.37 bits per heavy atom. The lowest BCUT2D eigenvalue weighted by atomic mass is 10.0. The highest BCUT2D eigenvalue weighted by Gasteiger charge is 2.66. The van der Waals surface area contributed by atoms with Crippen molar-refractivity contribution in [2.24, 2.45) is 17.4 Å². The first-order chi connectivity index (χ1) is 8.95. The Labute approximate surface area is 115 Å². The quantitative estimate of drug-likeness (QED) is 0.541. The van der Waals surface area contributed by atoms with E-state index in [1.165, 1.54) is 14.2 Å². The third kappa shape index (κ3) is 2.34. The lowest BCUT2D eigenvalue weighted by Gasteiger charge is -2.53. The van der Waals surface area contributed by atoms with Crippen molar-refractivity contribution in [2.75, 3.05) is 21.3 Å². The number of carbonyl (C=O) groups excluding carboxylic acids is 1. The van der Waals surface area contributed by atoms with Gasteiger partial charge in [0.05, 0.1) is 5.92 Å². The van der Waals surface area contributed by atoms with Gasteiger partial charge < -0.3 is 25.4 Å². The summed E-state index contributed by atoms with van der Waals surface area (Å²) in [5, 5.41) is 0. The predicted octanol–water partition coefficient (Wildman–Crippen LogP) is 0.278. The first-order valence-electron chi connectivity index (χ1n) is 6.66. The fraction of sp³-hybridized carbons (Fsp3) is 0.917. The second kappa shape index (κ2) is 6.32. The molecule has 6 nitrogen and oxygen atoms in total. The van der Waals surface area contributed by atoms with Gasteiger partial charge in [0.1, 0.15) is 0 Å². The zero-order chi connectivity index (χ0) is 14.7. The fourth-order valence-corrected chi connectivity index (χ4v) is 8.42. The van der Waals surface area contributed by atoms with Crippen molar-refractivity contribution in [3.05, 3.63) is 0 Å².